The summed E-state index contributed by atoms with van der Waals surface area (Å²) in [5.41, 5.74) is 0.849. The molecule has 0 unspecified atom stereocenters. The fraction of sp³-hybridized carbons (Fsp3) is 0.375. The van der Waals surface area contributed by atoms with Gasteiger partial charge in [-0.05, 0) is 28.9 Å². The fourth-order valence-electron chi connectivity index (χ4n) is 0.813. The van der Waals surface area contributed by atoms with Gasteiger partial charge in [-0.25, -0.2) is 0 Å². The molecule has 0 atom stereocenters. The van der Waals surface area contributed by atoms with Crippen LogP contribution >= 0.6 is 15.9 Å². The molecule has 0 spiro atoms. The van der Waals surface area contributed by atoms with Crippen molar-refractivity contribution in [3.05, 3.63) is 22.4 Å². The SMILES string of the molecule is COCOc1c(Br)ccnc1C. The predicted molar refractivity (Wildman–Crippen MR) is 49.2 cm³/mol. The van der Waals surface area contributed by atoms with Crippen LogP contribution in [0.2, 0.25) is 0 Å². The van der Waals surface area contributed by atoms with E-state index in [0.29, 0.717) is 0 Å². The molecule has 0 aliphatic carbocycles. The number of halogens is 1. The van der Waals surface area contributed by atoms with Gasteiger partial charge in [-0.1, -0.05) is 0 Å². The molecule has 12 heavy (non-hydrogen) atoms. The second kappa shape index (κ2) is 4.42. The second-order valence-corrected chi connectivity index (χ2v) is 3.11. The fourth-order valence-corrected chi connectivity index (χ4v) is 1.33. The van der Waals surface area contributed by atoms with E-state index in [1.54, 1.807) is 13.3 Å². The minimum absolute atomic E-state index is 0.241. The van der Waals surface area contributed by atoms with E-state index < -0.39 is 0 Å². The van der Waals surface area contributed by atoms with Gasteiger partial charge in [-0.2, -0.15) is 0 Å². The van der Waals surface area contributed by atoms with E-state index in [4.69, 9.17) is 9.47 Å². The van der Waals surface area contributed by atoms with E-state index in [-0.39, 0.29) is 6.79 Å². The van der Waals surface area contributed by atoms with Crippen molar-refractivity contribution in [2.24, 2.45) is 0 Å². The lowest BCUT2D eigenvalue weighted by Crippen LogP contribution is -2.01. The lowest BCUT2D eigenvalue weighted by atomic mass is 10.3. The smallest absolute Gasteiger partial charge is 0.188 e. The maximum absolute atomic E-state index is 5.29. The Morgan fingerprint density at radius 1 is 1.58 bits per heavy atom. The van der Waals surface area contributed by atoms with Gasteiger partial charge in [-0.15, -0.1) is 0 Å². The van der Waals surface area contributed by atoms with Crippen molar-refractivity contribution in [2.45, 2.75) is 6.92 Å². The summed E-state index contributed by atoms with van der Waals surface area (Å²) < 4.78 is 11.0. The molecule has 0 aliphatic rings. The number of rotatable bonds is 3. The Hall–Kier alpha value is -0.610. The maximum atomic E-state index is 5.29. The number of aryl methyl sites for hydroxylation is 1. The molecule has 0 saturated carbocycles. The monoisotopic (exact) mass is 231 g/mol. The van der Waals surface area contributed by atoms with Crippen LogP contribution in [0.3, 0.4) is 0 Å². The van der Waals surface area contributed by atoms with Gasteiger partial charge < -0.3 is 9.47 Å². The van der Waals surface area contributed by atoms with Gasteiger partial charge in [-0.3, -0.25) is 4.98 Å². The average molecular weight is 232 g/mol. The van der Waals surface area contributed by atoms with Crippen LogP contribution in [0.25, 0.3) is 0 Å². The molecule has 66 valence electrons. The van der Waals surface area contributed by atoms with Gasteiger partial charge >= 0.3 is 0 Å². The Morgan fingerprint density at radius 3 is 2.92 bits per heavy atom. The van der Waals surface area contributed by atoms with Crippen LogP contribution in [0.15, 0.2) is 16.7 Å². The van der Waals surface area contributed by atoms with Crippen LogP contribution < -0.4 is 4.74 Å². The van der Waals surface area contributed by atoms with Crippen molar-refractivity contribution in [1.29, 1.82) is 0 Å². The quantitative estimate of drug-likeness (QED) is 0.748. The van der Waals surface area contributed by atoms with E-state index in [2.05, 4.69) is 20.9 Å². The summed E-state index contributed by atoms with van der Waals surface area (Å²) in [5, 5.41) is 0. The van der Waals surface area contributed by atoms with Crippen molar-refractivity contribution in [1.82, 2.24) is 4.98 Å². The normalized spacial score (nSPS) is 9.92. The summed E-state index contributed by atoms with van der Waals surface area (Å²) in [7, 11) is 1.58. The zero-order valence-electron chi connectivity index (χ0n) is 7.00. The van der Waals surface area contributed by atoms with E-state index in [0.717, 1.165) is 15.9 Å². The van der Waals surface area contributed by atoms with Gasteiger partial charge in [0.2, 0.25) is 0 Å². The zero-order valence-corrected chi connectivity index (χ0v) is 8.59. The van der Waals surface area contributed by atoms with Crippen molar-refractivity contribution in [3.63, 3.8) is 0 Å². The zero-order chi connectivity index (χ0) is 8.97. The summed E-state index contributed by atoms with van der Waals surface area (Å²) in [6, 6.07) is 1.83. The molecule has 0 aromatic carbocycles. The number of aromatic nitrogens is 1. The number of ether oxygens (including phenoxy) is 2. The third-order valence-corrected chi connectivity index (χ3v) is 1.98. The number of nitrogens with zero attached hydrogens (tertiary/aromatic N) is 1. The van der Waals surface area contributed by atoms with Crippen molar-refractivity contribution in [2.75, 3.05) is 13.9 Å². The largest absolute Gasteiger partial charge is 0.464 e. The molecule has 0 radical (unpaired) electrons. The molecule has 1 heterocycles. The standard InChI is InChI=1S/C8H10BrNO2/c1-6-8(12-5-11-2)7(9)3-4-10-6/h3-4H,5H2,1-2H3. The van der Waals surface area contributed by atoms with E-state index in [1.807, 2.05) is 13.0 Å². The summed E-state index contributed by atoms with van der Waals surface area (Å²) in [5.74, 6) is 0.736. The molecule has 0 aliphatic heterocycles. The summed E-state index contributed by atoms with van der Waals surface area (Å²) >= 11 is 3.36. The molecule has 0 fully saturated rings. The van der Waals surface area contributed by atoms with Gasteiger partial charge in [0.05, 0.1) is 10.2 Å². The van der Waals surface area contributed by atoms with Crippen LogP contribution in [0, 0.1) is 6.92 Å². The highest BCUT2D eigenvalue weighted by Gasteiger charge is 2.04. The molecule has 4 heteroatoms. The van der Waals surface area contributed by atoms with Gasteiger partial charge in [0, 0.05) is 13.3 Å². The van der Waals surface area contributed by atoms with Crippen molar-refractivity contribution in [3.8, 4) is 5.75 Å². The van der Waals surface area contributed by atoms with Crippen LogP contribution in [0.5, 0.6) is 5.75 Å². The first-order valence-electron chi connectivity index (χ1n) is 3.48. The lowest BCUT2D eigenvalue weighted by Gasteiger charge is -2.08. The minimum Gasteiger partial charge on any atom is -0.464 e. The lowest BCUT2D eigenvalue weighted by molar-refractivity contribution is 0.0497. The molecule has 1 rings (SSSR count). The first-order chi connectivity index (χ1) is 5.75. The van der Waals surface area contributed by atoms with Crippen LogP contribution in [0.4, 0.5) is 0 Å². The molecule has 3 nitrogen and oxygen atoms in total. The highest BCUT2D eigenvalue weighted by atomic mass is 79.9. The molecule has 0 amide bonds. The van der Waals surface area contributed by atoms with E-state index in [1.165, 1.54) is 0 Å². The Kier molecular flexibility index (Phi) is 3.49. The Bertz CT molecular complexity index is 245. The average Bonchev–Trinajstić information content (AvgIpc) is 2.04. The summed E-state index contributed by atoms with van der Waals surface area (Å²) in [6.07, 6.45) is 1.72. The van der Waals surface area contributed by atoms with Gasteiger partial charge in [0.25, 0.3) is 0 Å². The first-order valence-corrected chi connectivity index (χ1v) is 4.28. The third kappa shape index (κ3) is 2.19. The van der Waals surface area contributed by atoms with Crippen molar-refractivity contribution >= 4 is 15.9 Å². The number of methoxy groups -OCH3 is 1. The molecule has 1 aromatic heterocycles. The number of pyridine rings is 1. The highest BCUT2D eigenvalue weighted by molar-refractivity contribution is 9.10. The van der Waals surface area contributed by atoms with Crippen LogP contribution in [0.1, 0.15) is 5.69 Å². The molecule has 0 bridgehead atoms. The van der Waals surface area contributed by atoms with Crippen LogP contribution in [-0.4, -0.2) is 18.9 Å². The van der Waals surface area contributed by atoms with Gasteiger partial charge in [0.15, 0.2) is 12.5 Å². The second-order valence-electron chi connectivity index (χ2n) is 2.26. The minimum atomic E-state index is 0.241. The molecule has 0 saturated heterocycles. The molecular formula is C8H10BrNO2. The third-order valence-electron chi connectivity index (χ3n) is 1.36. The summed E-state index contributed by atoms with van der Waals surface area (Å²) in [4.78, 5) is 4.08. The molecular weight excluding hydrogens is 222 g/mol. The molecule has 1 aromatic rings. The Morgan fingerprint density at radius 2 is 2.33 bits per heavy atom. The predicted octanol–water partition coefficient (Wildman–Crippen LogP) is 2.14. The van der Waals surface area contributed by atoms with E-state index >= 15 is 0 Å². The van der Waals surface area contributed by atoms with Gasteiger partial charge in [0.1, 0.15) is 0 Å². The topological polar surface area (TPSA) is 31.4 Å². The van der Waals surface area contributed by atoms with E-state index in [9.17, 15) is 0 Å². The maximum Gasteiger partial charge on any atom is 0.188 e. The Balaban J connectivity index is 2.81. The number of hydrogen-bond donors (Lipinski definition) is 0. The molecule has 0 N–H and O–H groups in total. The highest BCUT2D eigenvalue weighted by Crippen LogP contribution is 2.26. The number of hydrogen-bond acceptors (Lipinski definition) is 3. The summed E-state index contributed by atoms with van der Waals surface area (Å²) in [6.45, 7) is 2.13. The van der Waals surface area contributed by atoms with Crippen LogP contribution in [-0.2, 0) is 4.74 Å². The Labute approximate surface area is 79.8 Å². The first kappa shape index (κ1) is 9.48. The van der Waals surface area contributed by atoms with Crippen molar-refractivity contribution < 1.29 is 9.47 Å².